The van der Waals surface area contributed by atoms with Crippen molar-refractivity contribution in [3.63, 3.8) is 0 Å². The van der Waals surface area contributed by atoms with E-state index in [1.54, 1.807) is 23.6 Å². The molecule has 2 fully saturated rings. The Morgan fingerprint density at radius 3 is 2.61 bits per heavy atom. The molecule has 3 nitrogen and oxygen atoms in total. The molecule has 2 saturated carbocycles. The maximum atomic E-state index is 11.1. The molecule has 0 saturated heterocycles. The summed E-state index contributed by atoms with van der Waals surface area (Å²) >= 11 is 0. The van der Waals surface area contributed by atoms with Gasteiger partial charge in [-0.25, -0.2) is 4.79 Å². The molecule has 4 rings (SSSR count). The van der Waals surface area contributed by atoms with Crippen molar-refractivity contribution >= 4 is 5.97 Å². The lowest BCUT2D eigenvalue weighted by molar-refractivity contribution is -0.132. The van der Waals surface area contributed by atoms with Crippen LogP contribution in [-0.4, -0.2) is 22.3 Å². The molecule has 0 aromatic rings. The molecular formula is C30H46O3. The second kappa shape index (κ2) is 8.40. The van der Waals surface area contributed by atoms with Crippen molar-refractivity contribution in [2.24, 2.45) is 39.9 Å². The molecule has 4 aliphatic rings. The molecule has 2 N–H and O–H groups in total. The Kier molecular flexibility index (Phi) is 6.30. The number of allylic oxidation sites excluding steroid dienone is 5. The first-order valence-corrected chi connectivity index (χ1v) is 13.4. The summed E-state index contributed by atoms with van der Waals surface area (Å²) in [5.74, 6) is 1.48. The van der Waals surface area contributed by atoms with Gasteiger partial charge in [-0.1, -0.05) is 70.4 Å². The molecule has 184 valence electrons. The van der Waals surface area contributed by atoms with Gasteiger partial charge in [-0.05, 0) is 92.8 Å². The molecule has 0 aromatic carbocycles. The Bertz CT molecular complexity index is 906. The van der Waals surface area contributed by atoms with Crippen molar-refractivity contribution < 1.29 is 15.0 Å². The number of aliphatic hydroxyl groups is 1. The van der Waals surface area contributed by atoms with Gasteiger partial charge in [-0.3, -0.25) is 0 Å². The third kappa shape index (κ3) is 3.77. The average molecular weight is 455 g/mol. The number of carbonyl (C=O) groups is 1. The van der Waals surface area contributed by atoms with Gasteiger partial charge in [0.2, 0.25) is 0 Å². The van der Waals surface area contributed by atoms with Crippen LogP contribution in [-0.2, 0) is 4.79 Å². The lowest BCUT2D eigenvalue weighted by Crippen LogP contribution is -2.56. The molecule has 3 heteroatoms. The Morgan fingerprint density at radius 1 is 1.24 bits per heavy atom. The summed E-state index contributed by atoms with van der Waals surface area (Å²) in [7, 11) is 0. The Morgan fingerprint density at radius 2 is 1.94 bits per heavy atom. The fourth-order valence-corrected chi connectivity index (χ4v) is 8.78. The van der Waals surface area contributed by atoms with Gasteiger partial charge in [-0.2, -0.15) is 0 Å². The van der Waals surface area contributed by atoms with E-state index >= 15 is 0 Å². The minimum atomic E-state index is -0.806. The molecule has 0 heterocycles. The SMILES string of the molecule is C/C(=C\CC[C@@H](C)C1=C2C(C)C[C@H]3C(=CC[C@H]4C(C)(C)[C@H](O)CC[C@]34C)[C@]2(C)CC1)C(=O)O. The number of carboxylic acid groups (broad SMARTS) is 1. The fraction of sp³-hybridized carbons (Fsp3) is 0.767. The van der Waals surface area contributed by atoms with Crippen LogP contribution >= 0.6 is 0 Å². The first-order chi connectivity index (χ1) is 15.3. The fourth-order valence-electron chi connectivity index (χ4n) is 8.78. The summed E-state index contributed by atoms with van der Waals surface area (Å²) in [6.45, 7) is 16.2. The molecule has 0 bridgehead atoms. The van der Waals surface area contributed by atoms with E-state index in [-0.39, 0.29) is 22.3 Å². The third-order valence-corrected chi connectivity index (χ3v) is 10.8. The predicted octanol–water partition coefficient (Wildman–Crippen LogP) is 7.32. The van der Waals surface area contributed by atoms with Gasteiger partial charge in [0.25, 0.3) is 0 Å². The van der Waals surface area contributed by atoms with Gasteiger partial charge in [0.15, 0.2) is 0 Å². The molecule has 0 aliphatic heterocycles. The van der Waals surface area contributed by atoms with Crippen molar-refractivity contribution in [1.82, 2.24) is 0 Å². The van der Waals surface area contributed by atoms with E-state index in [1.165, 1.54) is 19.3 Å². The zero-order valence-electron chi connectivity index (χ0n) is 22.0. The largest absolute Gasteiger partial charge is 0.478 e. The first kappa shape index (κ1) is 24.8. The lowest BCUT2D eigenvalue weighted by atomic mass is 9.43. The minimum Gasteiger partial charge on any atom is -0.478 e. The smallest absolute Gasteiger partial charge is 0.330 e. The summed E-state index contributed by atoms with van der Waals surface area (Å²) < 4.78 is 0. The molecule has 0 aromatic heterocycles. The predicted molar refractivity (Wildman–Crippen MR) is 135 cm³/mol. The van der Waals surface area contributed by atoms with Gasteiger partial charge in [0.05, 0.1) is 6.10 Å². The van der Waals surface area contributed by atoms with E-state index < -0.39 is 5.97 Å². The van der Waals surface area contributed by atoms with Gasteiger partial charge in [0, 0.05) is 11.0 Å². The summed E-state index contributed by atoms with van der Waals surface area (Å²) in [6, 6.07) is 0. The number of aliphatic hydroxyl groups excluding tert-OH is 1. The molecule has 4 aliphatic carbocycles. The highest BCUT2D eigenvalue weighted by molar-refractivity contribution is 5.85. The Labute approximate surface area is 201 Å². The van der Waals surface area contributed by atoms with Gasteiger partial charge < -0.3 is 10.2 Å². The summed E-state index contributed by atoms with van der Waals surface area (Å²) in [5.41, 5.74) is 6.00. The molecule has 0 spiro atoms. The monoisotopic (exact) mass is 454 g/mol. The number of fused-ring (bicyclic) bond motifs is 5. The molecule has 1 unspecified atom stereocenters. The van der Waals surface area contributed by atoms with Crippen LogP contribution in [0.5, 0.6) is 0 Å². The normalized spacial score (nSPS) is 41.1. The first-order valence-electron chi connectivity index (χ1n) is 13.4. The van der Waals surface area contributed by atoms with Crippen molar-refractivity contribution in [1.29, 1.82) is 0 Å². The molecule has 0 amide bonds. The number of rotatable bonds is 5. The van der Waals surface area contributed by atoms with Crippen molar-refractivity contribution in [2.75, 3.05) is 0 Å². The van der Waals surface area contributed by atoms with E-state index in [1.807, 2.05) is 6.08 Å². The van der Waals surface area contributed by atoms with Crippen LogP contribution in [0.15, 0.2) is 34.4 Å². The van der Waals surface area contributed by atoms with Crippen LogP contribution in [0.25, 0.3) is 0 Å². The molecule has 0 radical (unpaired) electrons. The Hall–Kier alpha value is -1.35. The highest BCUT2D eigenvalue weighted by atomic mass is 16.4. The molecular weight excluding hydrogens is 408 g/mol. The van der Waals surface area contributed by atoms with Crippen LogP contribution < -0.4 is 0 Å². The standard InChI is InChI=1S/C30H46O3/c1-18(9-8-10-19(2)27(32)33)21-13-15-30(7)22-11-12-24-28(4,5)25(31)14-16-29(24,6)23(22)17-20(3)26(21)30/h10-11,18,20,23-25,31H,8-9,12-17H2,1-7H3,(H,32,33)/b19-10+/t18-,20?,23+,24+,25-,29-,30+/m1/s1. The van der Waals surface area contributed by atoms with E-state index in [9.17, 15) is 9.90 Å². The van der Waals surface area contributed by atoms with E-state index in [0.717, 1.165) is 32.1 Å². The Balaban J connectivity index is 1.64. The summed E-state index contributed by atoms with van der Waals surface area (Å²) in [5, 5.41) is 19.9. The van der Waals surface area contributed by atoms with Gasteiger partial charge in [-0.15, -0.1) is 0 Å². The zero-order chi connectivity index (χ0) is 24.3. The maximum absolute atomic E-state index is 11.1. The lowest BCUT2D eigenvalue weighted by Gasteiger charge is -2.62. The summed E-state index contributed by atoms with van der Waals surface area (Å²) in [6.07, 6.45) is 13.0. The topological polar surface area (TPSA) is 57.5 Å². The highest BCUT2D eigenvalue weighted by Gasteiger charge is 2.60. The number of aliphatic carboxylic acids is 1. The van der Waals surface area contributed by atoms with Crippen molar-refractivity contribution in [2.45, 2.75) is 106 Å². The second-order valence-electron chi connectivity index (χ2n) is 13.0. The van der Waals surface area contributed by atoms with Crippen molar-refractivity contribution in [3.8, 4) is 0 Å². The van der Waals surface area contributed by atoms with Crippen LogP contribution in [0.2, 0.25) is 0 Å². The quantitative estimate of drug-likeness (QED) is 0.338. The van der Waals surface area contributed by atoms with E-state index in [0.29, 0.717) is 29.2 Å². The van der Waals surface area contributed by atoms with Gasteiger partial charge in [0.1, 0.15) is 0 Å². The summed E-state index contributed by atoms with van der Waals surface area (Å²) in [4.78, 5) is 11.1. The zero-order valence-corrected chi connectivity index (χ0v) is 22.0. The maximum Gasteiger partial charge on any atom is 0.330 e. The highest BCUT2D eigenvalue weighted by Crippen LogP contribution is 2.69. The second-order valence-corrected chi connectivity index (χ2v) is 13.0. The number of hydrogen-bond acceptors (Lipinski definition) is 2. The van der Waals surface area contributed by atoms with Crippen LogP contribution in [0.1, 0.15) is 99.8 Å². The average Bonchev–Trinajstić information content (AvgIpc) is 3.11. The number of hydrogen-bond donors (Lipinski definition) is 2. The molecule has 7 atom stereocenters. The third-order valence-electron chi connectivity index (χ3n) is 10.8. The van der Waals surface area contributed by atoms with E-state index in [4.69, 9.17) is 5.11 Å². The van der Waals surface area contributed by atoms with E-state index in [2.05, 4.69) is 47.6 Å². The van der Waals surface area contributed by atoms with Crippen molar-refractivity contribution in [3.05, 3.63) is 34.4 Å². The molecule has 33 heavy (non-hydrogen) atoms. The van der Waals surface area contributed by atoms with Crippen LogP contribution in [0, 0.1) is 39.9 Å². The number of carboxylic acids is 1. The minimum absolute atomic E-state index is 0.0216. The van der Waals surface area contributed by atoms with Crippen LogP contribution in [0.4, 0.5) is 0 Å². The van der Waals surface area contributed by atoms with Gasteiger partial charge >= 0.3 is 5.97 Å². The van der Waals surface area contributed by atoms with Crippen LogP contribution in [0.3, 0.4) is 0 Å².